The molecule has 16 heavy (non-hydrogen) atoms. The lowest BCUT2D eigenvalue weighted by atomic mass is 10.1. The Labute approximate surface area is 97.6 Å². The van der Waals surface area contributed by atoms with E-state index < -0.39 is 23.4 Å². The maximum Gasteiger partial charge on any atom is 0.422 e. The highest BCUT2D eigenvalue weighted by Crippen LogP contribution is 2.34. The molecular weight excluding hydrogens is 295 g/mol. The summed E-state index contributed by atoms with van der Waals surface area (Å²) in [5.41, 5.74) is -1.60. The Morgan fingerprint density at radius 1 is 1.06 bits per heavy atom. The van der Waals surface area contributed by atoms with Gasteiger partial charge in [-0.05, 0) is 30.5 Å². The minimum Gasteiger partial charge on any atom is -0.206 e. The highest BCUT2D eigenvalue weighted by molar-refractivity contribution is 9.09. The monoisotopic (exact) mass is 302 g/mol. The second kappa shape index (κ2) is 5.12. The van der Waals surface area contributed by atoms with E-state index in [1.165, 1.54) is 0 Å². The van der Waals surface area contributed by atoms with Gasteiger partial charge in [0.2, 0.25) is 0 Å². The van der Waals surface area contributed by atoms with Crippen molar-refractivity contribution < 1.29 is 22.0 Å². The first-order chi connectivity index (χ1) is 7.36. The lowest BCUT2D eigenvalue weighted by molar-refractivity contribution is -0.142. The molecule has 0 atom stereocenters. The predicted octanol–water partition coefficient (Wildman–Crippen LogP) is 4.31. The molecule has 0 aliphatic carbocycles. The van der Waals surface area contributed by atoms with Crippen LogP contribution in [-0.2, 0) is 12.6 Å². The molecule has 1 aromatic rings. The molecule has 0 fully saturated rings. The third-order valence-corrected chi connectivity index (χ3v) is 2.55. The molecule has 0 unspecified atom stereocenters. The fourth-order valence-corrected chi connectivity index (χ4v) is 1.59. The summed E-state index contributed by atoms with van der Waals surface area (Å²) in [7, 11) is 0. The molecule has 0 radical (unpaired) electrons. The fraction of sp³-hybridized carbons (Fsp3) is 0.400. The maximum atomic E-state index is 13.1. The normalized spacial score (nSPS) is 11.9. The van der Waals surface area contributed by atoms with Crippen molar-refractivity contribution in [1.82, 2.24) is 0 Å². The fourth-order valence-electron chi connectivity index (χ4n) is 1.31. The first-order valence-electron chi connectivity index (χ1n) is 4.47. The number of benzene rings is 1. The molecule has 0 spiro atoms. The van der Waals surface area contributed by atoms with E-state index in [-0.39, 0.29) is 5.56 Å². The largest absolute Gasteiger partial charge is 0.422 e. The molecule has 90 valence electrons. The van der Waals surface area contributed by atoms with E-state index in [0.29, 0.717) is 18.2 Å². The Kier molecular flexibility index (Phi) is 4.29. The molecule has 0 aliphatic heterocycles. The Balaban J connectivity index is 3.08. The van der Waals surface area contributed by atoms with Crippen LogP contribution < -0.4 is 0 Å². The van der Waals surface area contributed by atoms with Gasteiger partial charge in [-0.2, -0.15) is 13.2 Å². The van der Waals surface area contributed by atoms with Crippen LogP contribution in [-0.4, -0.2) is 5.33 Å². The van der Waals surface area contributed by atoms with Gasteiger partial charge in [0, 0.05) is 5.33 Å². The molecule has 0 saturated heterocycles. The Bertz CT molecular complexity index is 349. The molecule has 0 bridgehead atoms. The summed E-state index contributed by atoms with van der Waals surface area (Å²) < 4.78 is 62.7. The number of alkyl halides is 4. The van der Waals surface area contributed by atoms with Gasteiger partial charge < -0.3 is 0 Å². The van der Waals surface area contributed by atoms with E-state index in [0.717, 1.165) is 12.1 Å². The van der Waals surface area contributed by atoms with E-state index in [2.05, 4.69) is 15.9 Å². The van der Waals surface area contributed by atoms with Crippen LogP contribution in [0.5, 0.6) is 0 Å². The maximum absolute atomic E-state index is 13.1. The number of hydrogen-bond acceptors (Lipinski definition) is 0. The van der Waals surface area contributed by atoms with Crippen LogP contribution >= 0.6 is 15.9 Å². The summed E-state index contributed by atoms with van der Waals surface area (Å²) in [6, 6.07) is 1.46. The number of rotatable bonds is 3. The zero-order valence-corrected chi connectivity index (χ0v) is 9.63. The summed E-state index contributed by atoms with van der Waals surface area (Å²) in [5, 5.41) is 0.622. The van der Waals surface area contributed by atoms with E-state index in [9.17, 15) is 22.0 Å². The van der Waals surface area contributed by atoms with Crippen molar-refractivity contribution in [3.63, 3.8) is 0 Å². The topological polar surface area (TPSA) is 0 Å². The summed E-state index contributed by atoms with van der Waals surface area (Å²) in [6.07, 6.45) is -4.07. The molecule has 0 amide bonds. The highest BCUT2D eigenvalue weighted by atomic mass is 79.9. The lowest BCUT2D eigenvalue weighted by Gasteiger charge is -2.10. The van der Waals surface area contributed by atoms with Gasteiger partial charge in [-0.3, -0.25) is 0 Å². The zero-order chi connectivity index (χ0) is 12.3. The summed E-state index contributed by atoms with van der Waals surface area (Å²) in [5.74, 6) is -3.12. The average Bonchev–Trinajstić information content (AvgIpc) is 2.11. The Hall–Kier alpha value is -0.650. The van der Waals surface area contributed by atoms with Crippen molar-refractivity contribution in [2.24, 2.45) is 0 Å². The summed E-state index contributed by atoms with van der Waals surface area (Å²) >= 11 is 3.12. The summed E-state index contributed by atoms with van der Waals surface area (Å²) in [6.45, 7) is 0. The van der Waals surface area contributed by atoms with Gasteiger partial charge in [-0.15, -0.1) is 0 Å². The summed E-state index contributed by atoms with van der Waals surface area (Å²) in [4.78, 5) is 0. The van der Waals surface area contributed by atoms with Crippen LogP contribution in [0.25, 0.3) is 0 Å². The minimum atomic E-state index is -5.00. The van der Waals surface area contributed by atoms with Crippen LogP contribution in [0.15, 0.2) is 12.1 Å². The van der Waals surface area contributed by atoms with Crippen LogP contribution in [0.3, 0.4) is 0 Å². The van der Waals surface area contributed by atoms with Crippen molar-refractivity contribution >= 4 is 15.9 Å². The smallest absolute Gasteiger partial charge is 0.206 e. The second-order valence-electron chi connectivity index (χ2n) is 3.22. The van der Waals surface area contributed by atoms with E-state index in [1.54, 1.807) is 0 Å². The SMILES string of the molecule is Fc1cc(CCCBr)cc(F)c1C(F)(F)F. The highest BCUT2D eigenvalue weighted by Gasteiger charge is 2.37. The first kappa shape index (κ1) is 13.4. The number of halogens is 6. The molecule has 6 heteroatoms. The average molecular weight is 303 g/mol. The molecule has 0 aromatic heterocycles. The van der Waals surface area contributed by atoms with Crippen molar-refractivity contribution in [1.29, 1.82) is 0 Å². The lowest BCUT2D eigenvalue weighted by Crippen LogP contribution is -2.12. The molecule has 1 rings (SSSR count). The van der Waals surface area contributed by atoms with Gasteiger partial charge in [0.05, 0.1) is 0 Å². The predicted molar refractivity (Wildman–Crippen MR) is 53.5 cm³/mol. The van der Waals surface area contributed by atoms with Crippen molar-refractivity contribution in [3.8, 4) is 0 Å². The minimum absolute atomic E-state index is 0.224. The van der Waals surface area contributed by atoms with Crippen molar-refractivity contribution in [2.45, 2.75) is 19.0 Å². The molecule has 1 aromatic carbocycles. The third-order valence-electron chi connectivity index (χ3n) is 1.98. The van der Waals surface area contributed by atoms with E-state index in [1.807, 2.05) is 0 Å². The van der Waals surface area contributed by atoms with Crippen LogP contribution in [0.2, 0.25) is 0 Å². The molecule has 0 N–H and O–H groups in total. The zero-order valence-electron chi connectivity index (χ0n) is 8.04. The van der Waals surface area contributed by atoms with Crippen LogP contribution in [0, 0.1) is 11.6 Å². The molecule has 0 nitrogen and oxygen atoms in total. The van der Waals surface area contributed by atoms with Crippen LogP contribution in [0.1, 0.15) is 17.5 Å². The quantitative estimate of drug-likeness (QED) is 0.576. The van der Waals surface area contributed by atoms with Crippen LogP contribution in [0.4, 0.5) is 22.0 Å². The first-order valence-corrected chi connectivity index (χ1v) is 5.59. The second-order valence-corrected chi connectivity index (χ2v) is 4.02. The Morgan fingerprint density at radius 3 is 1.94 bits per heavy atom. The standard InChI is InChI=1S/C10H8BrF5/c11-3-1-2-6-4-7(12)9(8(13)5-6)10(14,15)16/h4-5H,1-3H2. The van der Waals surface area contributed by atoms with Crippen molar-refractivity contribution in [2.75, 3.05) is 5.33 Å². The Morgan fingerprint density at radius 2 is 1.56 bits per heavy atom. The third kappa shape index (κ3) is 3.17. The van der Waals surface area contributed by atoms with Gasteiger partial charge in [0.1, 0.15) is 17.2 Å². The molecule has 0 heterocycles. The molecule has 0 aliphatic rings. The van der Waals surface area contributed by atoms with Gasteiger partial charge in [-0.25, -0.2) is 8.78 Å². The number of aryl methyl sites for hydroxylation is 1. The number of hydrogen-bond donors (Lipinski definition) is 0. The molecular formula is C10H8BrF5. The van der Waals surface area contributed by atoms with E-state index >= 15 is 0 Å². The van der Waals surface area contributed by atoms with Gasteiger partial charge >= 0.3 is 6.18 Å². The van der Waals surface area contributed by atoms with Gasteiger partial charge in [-0.1, -0.05) is 15.9 Å². The van der Waals surface area contributed by atoms with Gasteiger partial charge in [0.15, 0.2) is 0 Å². The van der Waals surface area contributed by atoms with Crippen molar-refractivity contribution in [3.05, 3.63) is 34.9 Å². The van der Waals surface area contributed by atoms with E-state index in [4.69, 9.17) is 0 Å². The molecule has 0 saturated carbocycles. The van der Waals surface area contributed by atoms with Gasteiger partial charge in [0.25, 0.3) is 0 Å².